The number of rotatable bonds is 11. The van der Waals surface area contributed by atoms with E-state index in [1.54, 1.807) is 0 Å². The number of carbonyl (C=O) groups excluding carboxylic acids is 2. The minimum Gasteiger partial charge on any atom is -0.286 e. The van der Waals surface area contributed by atoms with Crippen LogP contribution in [0.25, 0.3) is 11.3 Å². The van der Waals surface area contributed by atoms with E-state index in [2.05, 4.69) is 33.0 Å². The van der Waals surface area contributed by atoms with Gasteiger partial charge in [0.15, 0.2) is 0 Å². The van der Waals surface area contributed by atoms with E-state index >= 15 is 0 Å². The van der Waals surface area contributed by atoms with Crippen LogP contribution in [0.3, 0.4) is 0 Å². The fourth-order valence-electron chi connectivity index (χ4n) is 2.54. The first-order valence-corrected chi connectivity index (χ1v) is 8.85. The molecule has 9 nitrogen and oxygen atoms in total. The van der Waals surface area contributed by atoms with Crippen LogP contribution in [0.1, 0.15) is 32.6 Å². The van der Waals surface area contributed by atoms with Crippen LogP contribution in [0.4, 0.5) is 5.95 Å². The third-order valence-electron chi connectivity index (χ3n) is 3.98. The Morgan fingerprint density at radius 2 is 2.07 bits per heavy atom. The summed E-state index contributed by atoms with van der Waals surface area (Å²) in [7, 11) is 0. The van der Waals surface area contributed by atoms with Crippen LogP contribution >= 0.6 is 0 Å². The van der Waals surface area contributed by atoms with E-state index in [4.69, 9.17) is 0 Å². The van der Waals surface area contributed by atoms with Crippen molar-refractivity contribution in [3.63, 3.8) is 0 Å². The lowest BCUT2D eigenvalue weighted by Crippen LogP contribution is -2.40. The lowest BCUT2D eigenvalue weighted by Gasteiger charge is -2.19. The average Bonchev–Trinajstić information content (AvgIpc) is 2.72. The second kappa shape index (κ2) is 10.8. The van der Waals surface area contributed by atoms with Crippen LogP contribution in [0.15, 0.2) is 36.5 Å². The molecule has 1 aromatic heterocycles. The molecule has 9 heteroatoms. The van der Waals surface area contributed by atoms with Crippen LogP contribution in [-0.4, -0.2) is 44.3 Å². The normalized spacial score (nSPS) is 11.5. The minimum absolute atomic E-state index is 0.0795. The Kier molecular flexibility index (Phi) is 8.11. The molecule has 0 aliphatic carbocycles. The zero-order chi connectivity index (χ0) is 19.5. The number of unbranched alkanes of at least 4 members (excludes halogenated alkanes) is 2. The highest BCUT2D eigenvalue weighted by atomic mass is 16.5. The van der Waals surface area contributed by atoms with E-state index < -0.39 is 5.92 Å². The van der Waals surface area contributed by atoms with Crippen LogP contribution in [-0.2, 0) is 9.59 Å². The Morgan fingerprint density at radius 3 is 2.78 bits per heavy atom. The summed E-state index contributed by atoms with van der Waals surface area (Å²) < 4.78 is 0. The van der Waals surface area contributed by atoms with Gasteiger partial charge >= 0.3 is 0 Å². The van der Waals surface area contributed by atoms with Gasteiger partial charge in [-0.1, -0.05) is 56.5 Å². The van der Waals surface area contributed by atoms with Gasteiger partial charge in [-0.3, -0.25) is 25.6 Å². The van der Waals surface area contributed by atoms with Gasteiger partial charge in [0.25, 0.3) is 5.95 Å². The fraction of sp³-hybridized carbons (Fsp3) is 0.389. The third kappa shape index (κ3) is 6.63. The molecule has 0 spiro atoms. The van der Waals surface area contributed by atoms with Crippen LogP contribution in [0.5, 0.6) is 0 Å². The summed E-state index contributed by atoms with van der Waals surface area (Å²) in [5, 5.41) is 17.6. The van der Waals surface area contributed by atoms with Crippen molar-refractivity contribution in [2.24, 2.45) is 5.92 Å². The van der Waals surface area contributed by atoms with Gasteiger partial charge in [0.2, 0.25) is 12.3 Å². The molecular weight excluding hydrogens is 348 g/mol. The number of nitrogens with one attached hydrogen (secondary N) is 2. The summed E-state index contributed by atoms with van der Waals surface area (Å²) in [6.45, 7) is 1.98. The Morgan fingerprint density at radius 1 is 1.30 bits per heavy atom. The third-order valence-corrected chi connectivity index (χ3v) is 3.98. The number of aromatic nitrogens is 3. The summed E-state index contributed by atoms with van der Waals surface area (Å²) in [5.74, 6) is -0.765. The van der Waals surface area contributed by atoms with Gasteiger partial charge in [0.1, 0.15) is 0 Å². The van der Waals surface area contributed by atoms with Crippen molar-refractivity contribution < 1.29 is 14.8 Å². The van der Waals surface area contributed by atoms with Gasteiger partial charge in [-0.2, -0.15) is 5.10 Å². The van der Waals surface area contributed by atoms with Crippen molar-refractivity contribution in [3.05, 3.63) is 36.5 Å². The largest absolute Gasteiger partial charge is 0.286 e. The van der Waals surface area contributed by atoms with E-state index in [9.17, 15) is 14.8 Å². The Bertz CT molecular complexity index is 728. The summed E-state index contributed by atoms with van der Waals surface area (Å²) in [5.41, 5.74) is 6.66. The van der Waals surface area contributed by atoms with Crippen molar-refractivity contribution in [2.45, 2.75) is 32.6 Å². The molecule has 2 rings (SSSR count). The molecule has 1 heterocycles. The maximum Gasteiger partial charge on any atom is 0.262 e. The first-order chi connectivity index (χ1) is 13.1. The van der Waals surface area contributed by atoms with Gasteiger partial charge in [0.05, 0.1) is 24.4 Å². The summed E-state index contributed by atoms with van der Waals surface area (Å²) in [4.78, 5) is 27.4. The minimum atomic E-state index is -0.551. The molecule has 0 saturated carbocycles. The second-order valence-electron chi connectivity index (χ2n) is 6.07. The second-order valence-corrected chi connectivity index (χ2v) is 6.07. The van der Waals surface area contributed by atoms with E-state index in [0.29, 0.717) is 17.2 Å². The molecule has 27 heavy (non-hydrogen) atoms. The Labute approximate surface area is 157 Å². The maximum absolute atomic E-state index is 12.4. The number of hydrogen-bond donors (Lipinski definition) is 3. The molecule has 0 aliphatic rings. The summed E-state index contributed by atoms with van der Waals surface area (Å²) in [6.07, 6.45) is 5.16. The fourth-order valence-corrected chi connectivity index (χ4v) is 2.54. The smallest absolute Gasteiger partial charge is 0.262 e. The molecule has 0 radical (unpaired) electrons. The van der Waals surface area contributed by atoms with E-state index in [1.807, 2.05) is 30.3 Å². The van der Waals surface area contributed by atoms with E-state index in [1.165, 1.54) is 6.20 Å². The zero-order valence-corrected chi connectivity index (χ0v) is 15.2. The molecule has 1 unspecified atom stereocenters. The molecule has 0 aliphatic heterocycles. The molecule has 3 N–H and O–H groups in total. The van der Waals surface area contributed by atoms with Gasteiger partial charge in [-0.15, -0.1) is 5.10 Å². The highest BCUT2D eigenvalue weighted by Gasteiger charge is 2.20. The first-order valence-electron chi connectivity index (χ1n) is 8.85. The highest BCUT2D eigenvalue weighted by Crippen LogP contribution is 2.16. The zero-order valence-electron chi connectivity index (χ0n) is 15.2. The topological polar surface area (TPSA) is 120 Å². The number of hydrazine groups is 1. The molecule has 1 aromatic carbocycles. The molecule has 0 bridgehead atoms. The highest BCUT2D eigenvalue weighted by molar-refractivity contribution is 5.80. The van der Waals surface area contributed by atoms with Crippen molar-refractivity contribution in [1.82, 2.24) is 25.7 Å². The van der Waals surface area contributed by atoms with Crippen molar-refractivity contribution in [2.75, 3.05) is 12.0 Å². The van der Waals surface area contributed by atoms with Crippen LogP contribution in [0, 0.1) is 5.92 Å². The lowest BCUT2D eigenvalue weighted by molar-refractivity contribution is -0.154. The SMILES string of the molecule is CCCCCC(CN(O)C=O)C(=O)NNc1nncc(-c2ccccc2)n1. The van der Waals surface area contributed by atoms with Crippen molar-refractivity contribution >= 4 is 18.3 Å². The molecular formula is C18H24N6O3. The maximum atomic E-state index is 12.4. The number of amides is 2. The van der Waals surface area contributed by atoms with Gasteiger partial charge in [-0.05, 0) is 6.42 Å². The van der Waals surface area contributed by atoms with Gasteiger partial charge in [-0.25, -0.2) is 10.0 Å². The Balaban J connectivity index is 1.98. The number of nitrogens with zero attached hydrogens (tertiary/aromatic N) is 4. The first kappa shape index (κ1) is 20.2. The van der Waals surface area contributed by atoms with Gasteiger partial charge in [0, 0.05) is 5.56 Å². The molecule has 0 fully saturated rings. The number of carbonyl (C=O) groups is 2. The molecule has 2 aromatic rings. The standard InChI is InChI=1S/C18H24N6O3/c1-2-3-5-10-15(12-24(27)13-25)17(26)21-23-18-20-16(11-19-22-18)14-8-6-4-7-9-14/h4,6-9,11,13,15,27H,2-3,5,10,12H2,1H3,(H,21,26)(H,20,22,23). The number of hydroxylamine groups is 2. The average molecular weight is 372 g/mol. The van der Waals surface area contributed by atoms with Gasteiger partial charge < -0.3 is 0 Å². The molecule has 2 amide bonds. The monoisotopic (exact) mass is 372 g/mol. The lowest BCUT2D eigenvalue weighted by atomic mass is 10.0. The molecule has 0 saturated heterocycles. The van der Waals surface area contributed by atoms with Crippen molar-refractivity contribution in [1.29, 1.82) is 0 Å². The van der Waals surface area contributed by atoms with Crippen LogP contribution < -0.4 is 10.9 Å². The molecule has 144 valence electrons. The number of hydrogen-bond acceptors (Lipinski definition) is 7. The summed E-state index contributed by atoms with van der Waals surface area (Å²) >= 11 is 0. The Hall–Kier alpha value is -3.07. The predicted molar refractivity (Wildman–Crippen MR) is 99.2 cm³/mol. The number of anilines is 1. The van der Waals surface area contributed by atoms with Crippen LogP contribution in [0.2, 0.25) is 0 Å². The number of benzene rings is 1. The molecule has 1 atom stereocenters. The summed E-state index contributed by atoms with van der Waals surface area (Å²) in [6, 6.07) is 9.47. The van der Waals surface area contributed by atoms with Crippen molar-refractivity contribution in [3.8, 4) is 11.3 Å². The quantitative estimate of drug-likeness (QED) is 0.239. The van der Waals surface area contributed by atoms with E-state index in [0.717, 1.165) is 24.8 Å². The predicted octanol–water partition coefficient (Wildman–Crippen LogP) is 2.03. The van der Waals surface area contributed by atoms with E-state index in [-0.39, 0.29) is 24.8 Å².